The van der Waals surface area contributed by atoms with E-state index in [9.17, 15) is 4.79 Å². The maximum Gasteiger partial charge on any atom is 0.260 e. The van der Waals surface area contributed by atoms with Crippen molar-refractivity contribution >= 4 is 17.2 Å². The molecule has 29 heavy (non-hydrogen) atoms. The first-order valence-corrected chi connectivity index (χ1v) is 11.2. The molecule has 0 bridgehead atoms. The summed E-state index contributed by atoms with van der Waals surface area (Å²) in [5.74, 6) is 1.58. The summed E-state index contributed by atoms with van der Waals surface area (Å²) in [5, 5.41) is 2.10. The molecule has 6 heteroatoms. The summed E-state index contributed by atoms with van der Waals surface area (Å²) in [5.41, 5.74) is 1.05. The molecule has 1 aliphatic carbocycles. The predicted molar refractivity (Wildman–Crippen MR) is 118 cm³/mol. The minimum atomic E-state index is 0.0454. The molecule has 1 aromatic carbocycles. The van der Waals surface area contributed by atoms with Crippen LogP contribution in [0.4, 0.5) is 0 Å². The average molecular weight is 417 g/mol. The number of hydrogen-bond acceptors (Lipinski definition) is 5. The summed E-state index contributed by atoms with van der Waals surface area (Å²) in [6.07, 6.45) is 5.91. The van der Waals surface area contributed by atoms with Crippen LogP contribution < -0.4 is 9.47 Å². The Morgan fingerprint density at radius 2 is 1.93 bits per heavy atom. The fourth-order valence-electron chi connectivity index (χ4n) is 3.90. The third kappa shape index (κ3) is 6.21. The smallest absolute Gasteiger partial charge is 0.260 e. The second kappa shape index (κ2) is 10.6. The Morgan fingerprint density at radius 1 is 1.14 bits per heavy atom. The number of amides is 1. The van der Waals surface area contributed by atoms with E-state index in [1.54, 1.807) is 18.4 Å². The first-order valence-electron chi connectivity index (χ1n) is 10.3. The number of carbonyl (C=O) groups excluding carboxylic acids is 1. The lowest BCUT2D eigenvalue weighted by Crippen LogP contribution is -2.40. The molecule has 3 rings (SSSR count). The SMILES string of the molecule is COc1ccc(OCC(=O)N(C)C2CCCCC2)cc1CN(C)Cc1cccs1. The number of hydrogen-bond donors (Lipinski definition) is 0. The molecule has 2 aromatic rings. The molecule has 0 saturated heterocycles. The van der Waals surface area contributed by atoms with Crippen molar-refractivity contribution in [2.24, 2.45) is 0 Å². The monoisotopic (exact) mass is 416 g/mol. The van der Waals surface area contributed by atoms with Crippen LogP contribution in [0.25, 0.3) is 0 Å². The number of thiophene rings is 1. The van der Waals surface area contributed by atoms with Crippen molar-refractivity contribution in [2.45, 2.75) is 51.2 Å². The molecule has 0 aliphatic heterocycles. The Balaban J connectivity index is 1.58. The summed E-state index contributed by atoms with van der Waals surface area (Å²) in [7, 11) is 5.68. The van der Waals surface area contributed by atoms with Gasteiger partial charge in [-0.3, -0.25) is 9.69 Å². The van der Waals surface area contributed by atoms with Gasteiger partial charge in [-0.05, 0) is 49.5 Å². The van der Waals surface area contributed by atoms with E-state index in [1.807, 2.05) is 30.1 Å². The highest BCUT2D eigenvalue weighted by molar-refractivity contribution is 7.09. The second-order valence-corrected chi connectivity index (χ2v) is 8.84. The number of rotatable bonds is 9. The van der Waals surface area contributed by atoms with Crippen molar-refractivity contribution in [3.8, 4) is 11.5 Å². The van der Waals surface area contributed by atoms with Crippen LogP contribution in [-0.4, -0.2) is 49.6 Å². The Morgan fingerprint density at radius 3 is 2.62 bits per heavy atom. The van der Waals surface area contributed by atoms with E-state index in [2.05, 4.69) is 29.5 Å². The molecule has 1 fully saturated rings. The molecule has 1 aliphatic rings. The van der Waals surface area contributed by atoms with Crippen molar-refractivity contribution in [1.82, 2.24) is 9.80 Å². The summed E-state index contributed by atoms with van der Waals surface area (Å²) in [6, 6.07) is 10.3. The Kier molecular flexibility index (Phi) is 7.95. The van der Waals surface area contributed by atoms with E-state index in [4.69, 9.17) is 9.47 Å². The molecule has 1 heterocycles. The Bertz CT molecular complexity index is 772. The lowest BCUT2D eigenvalue weighted by atomic mass is 9.94. The first kappa shape index (κ1) is 21.7. The van der Waals surface area contributed by atoms with Crippen molar-refractivity contribution in [1.29, 1.82) is 0 Å². The first-order chi connectivity index (χ1) is 14.1. The van der Waals surface area contributed by atoms with Crippen molar-refractivity contribution in [3.05, 3.63) is 46.2 Å². The van der Waals surface area contributed by atoms with Gasteiger partial charge in [0.05, 0.1) is 7.11 Å². The van der Waals surface area contributed by atoms with Crippen molar-refractivity contribution < 1.29 is 14.3 Å². The molecule has 1 amide bonds. The molecular formula is C23H32N2O3S. The third-order valence-corrected chi connectivity index (χ3v) is 6.44. The normalized spacial score (nSPS) is 14.8. The van der Waals surface area contributed by atoms with Crippen LogP contribution in [0.1, 0.15) is 42.5 Å². The zero-order valence-corrected chi connectivity index (χ0v) is 18.5. The molecular weight excluding hydrogens is 384 g/mol. The summed E-state index contributed by atoms with van der Waals surface area (Å²) in [6.45, 7) is 1.70. The van der Waals surface area contributed by atoms with Gasteiger partial charge in [0, 0.05) is 36.6 Å². The maximum absolute atomic E-state index is 12.5. The van der Waals surface area contributed by atoms with E-state index < -0.39 is 0 Å². The van der Waals surface area contributed by atoms with Gasteiger partial charge in [-0.1, -0.05) is 25.3 Å². The van der Waals surface area contributed by atoms with Gasteiger partial charge < -0.3 is 14.4 Å². The highest BCUT2D eigenvalue weighted by Crippen LogP contribution is 2.26. The minimum absolute atomic E-state index is 0.0454. The zero-order chi connectivity index (χ0) is 20.6. The number of benzene rings is 1. The van der Waals surface area contributed by atoms with Crippen LogP contribution in [0.5, 0.6) is 11.5 Å². The molecule has 0 N–H and O–H groups in total. The highest BCUT2D eigenvalue weighted by Gasteiger charge is 2.22. The molecule has 1 saturated carbocycles. The largest absolute Gasteiger partial charge is 0.496 e. The van der Waals surface area contributed by atoms with Crippen LogP contribution in [0.15, 0.2) is 35.7 Å². The van der Waals surface area contributed by atoms with Gasteiger partial charge in [-0.15, -0.1) is 11.3 Å². The Labute approximate surface area is 178 Å². The number of nitrogens with zero attached hydrogens (tertiary/aromatic N) is 2. The standard InChI is InChI=1S/C23H32N2O3S/c1-24(16-21-10-7-13-29-21)15-18-14-20(11-12-22(18)27-3)28-17-23(26)25(2)19-8-5-4-6-9-19/h7,10-14,19H,4-6,8-9,15-17H2,1-3H3. The summed E-state index contributed by atoms with van der Waals surface area (Å²) in [4.78, 5) is 18.0. The van der Waals surface area contributed by atoms with E-state index in [0.717, 1.165) is 37.2 Å². The molecule has 5 nitrogen and oxygen atoms in total. The molecule has 0 unspecified atom stereocenters. The lowest BCUT2D eigenvalue weighted by Gasteiger charge is -2.31. The van der Waals surface area contributed by atoms with Gasteiger partial charge in [0.1, 0.15) is 11.5 Å². The Hall–Kier alpha value is -2.05. The molecule has 158 valence electrons. The van der Waals surface area contributed by atoms with Gasteiger partial charge in [-0.2, -0.15) is 0 Å². The van der Waals surface area contributed by atoms with Gasteiger partial charge >= 0.3 is 0 Å². The van der Waals surface area contributed by atoms with E-state index in [1.165, 1.54) is 24.1 Å². The number of carbonyl (C=O) groups is 1. The lowest BCUT2D eigenvalue weighted by molar-refractivity contribution is -0.134. The quantitative estimate of drug-likeness (QED) is 0.601. The molecule has 0 atom stereocenters. The van der Waals surface area contributed by atoms with Crippen molar-refractivity contribution in [3.63, 3.8) is 0 Å². The van der Waals surface area contributed by atoms with E-state index in [-0.39, 0.29) is 12.5 Å². The molecule has 1 aromatic heterocycles. The number of methoxy groups -OCH3 is 1. The van der Waals surface area contributed by atoms with Crippen LogP contribution in [0.3, 0.4) is 0 Å². The average Bonchev–Trinajstić information content (AvgIpc) is 3.25. The topological polar surface area (TPSA) is 42.0 Å². The number of likely N-dealkylation sites (N-methyl/N-ethyl adjacent to an activating group) is 1. The fraction of sp³-hybridized carbons (Fsp3) is 0.522. The van der Waals surface area contributed by atoms with Crippen LogP contribution >= 0.6 is 11.3 Å². The van der Waals surface area contributed by atoms with Gasteiger partial charge in [0.15, 0.2) is 6.61 Å². The van der Waals surface area contributed by atoms with Crippen LogP contribution in [0.2, 0.25) is 0 Å². The van der Waals surface area contributed by atoms with Gasteiger partial charge in [0.25, 0.3) is 5.91 Å². The highest BCUT2D eigenvalue weighted by atomic mass is 32.1. The van der Waals surface area contributed by atoms with Crippen LogP contribution in [-0.2, 0) is 17.9 Å². The van der Waals surface area contributed by atoms with E-state index >= 15 is 0 Å². The maximum atomic E-state index is 12.5. The molecule has 0 spiro atoms. The summed E-state index contributed by atoms with van der Waals surface area (Å²) >= 11 is 1.76. The third-order valence-electron chi connectivity index (χ3n) is 5.58. The number of ether oxygens (including phenoxy) is 2. The zero-order valence-electron chi connectivity index (χ0n) is 17.7. The van der Waals surface area contributed by atoms with Gasteiger partial charge in [0.2, 0.25) is 0 Å². The molecule has 0 radical (unpaired) electrons. The fourth-order valence-corrected chi connectivity index (χ4v) is 4.69. The van der Waals surface area contributed by atoms with Crippen LogP contribution in [0, 0.1) is 0 Å². The minimum Gasteiger partial charge on any atom is -0.496 e. The summed E-state index contributed by atoms with van der Waals surface area (Å²) < 4.78 is 11.4. The van der Waals surface area contributed by atoms with Crippen molar-refractivity contribution in [2.75, 3.05) is 27.8 Å². The van der Waals surface area contributed by atoms with E-state index in [0.29, 0.717) is 11.8 Å². The second-order valence-electron chi connectivity index (χ2n) is 7.81. The predicted octanol–water partition coefficient (Wildman–Crippen LogP) is 4.56. The van der Waals surface area contributed by atoms with Gasteiger partial charge in [-0.25, -0.2) is 0 Å².